The van der Waals surface area contributed by atoms with Gasteiger partial charge in [0.15, 0.2) is 0 Å². The molecule has 4 heteroatoms. The summed E-state index contributed by atoms with van der Waals surface area (Å²) in [7, 11) is 0. The highest BCUT2D eigenvalue weighted by Gasteiger charge is 2.33. The van der Waals surface area contributed by atoms with E-state index in [2.05, 4.69) is 9.88 Å². The Labute approximate surface area is 107 Å². The van der Waals surface area contributed by atoms with Crippen LogP contribution in [0.2, 0.25) is 5.02 Å². The lowest BCUT2D eigenvalue weighted by molar-refractivity contribution is 0.0208. The first-order chi connectivity index (χ1) is 7.97. The molecule has 1 aromatic rings. The average molecular weight is 255 g/mol. The van der Waals surface area contributed by atoms with Gasteiger partial charge in [-0.05, 0) is 32.9 Å². The summed E-state index contributed by atoms with van der Waals surface area (Å²) >= 11 is 6.11. The molecule has 0 radical (unpaired) electrons. The van der Waals surface area contributed by atoms with Crippen molar-refractivity contribution in [1.82, 2.24) is 9.88 Å². The minimum Gasteiger partial charge on any atom is -0.390 e. The van der Waals surface area contributed by atoms with Crippen molar-refractivity contribution < 1.29 is 5.11 Å². The number of halogens is 1. The van der Waals surface area contributed by atoms with E-state index in [1.165, 1.54) is 0 Å². The topological polar surface area (TPSA) is 36.4 Å². The number of aromatic nitrogens is 1. The minimum atomic E-state index is -0.590. The maximum absolute atomic E-state index is 9.99. The van der Waals surface area contributed by atoms with Crippen LogP contribution in [0.1, 0.15) is 25.8 Å². The van der Waals surface area contributed by atoms with Gasteiger partial charge in [-0.1, -0.05) is 11.6 Å². The molecule has 1 saturated heterocycles. The van der Waals surface area contributed by atoms with E-state index >= 15 is 0 Å². The van der Waals surface area contributed by atoms with E-state index in [4.69, 9.17) is 11.6 Å². The first-order valence-corrected chi connectivity index (χ1v) is 6.38. The van der Waals surface area contributed by atoms with Gasteiger partial charge >= 0.3 is 0 Å². The first-order valence-electron chi connectivity index (χ1n) is 6.00. The predicted molar refractivity (Wildman–Crippen MR) is 68.9 cm³/mol. The zero-order valence-corrected chi connectivity index (χ0v) is 11.1. The minimum absolute atomic E-state index is 0.345. The number of rotatable bonds is 3. The van der Waals surface area contributed by atoms with Gasteiger partial charge in [0, 0.05) is 42.0 Å². The molecule has 1 N–H and O–H groups in total. The second kappa shape index (κ2) is 4.92. The van der Waals surface area contributed by atoms with Crippen molar-refractivity contribution in [2.24, 2.45) is 5.92 Å². The van der Waals surface area contributed by atoms with Crippen LogP contribution in [0.4, 0.5) is 0 Å². The van der Waals surface area contributed by atoms with E-state index in [1.807, 2.05) is 26.1 Å². The fraction of sp³-hybridized carbons (Fsp3) is 0.615. The molecule has 94 valence electrons. The molecule has 1 atom stereocenters. The van der Waals surface area contributed by atoms with E-state index in [0.29, 0.717) is 5.92 Å². The molecule has 2 rings (SSSR count). The third kappa shape index (κ3) is 3.18. The van der Waals surface area contributed by atoms with Crippen molar-refractivity contribution in [2.45, 2.75) is 32.4 Å². The zero-order chi connectivity index (χ0) is 12.5. The molecule has 0 bridgehead atoms. The highest BCUT2D eigenvalue weighted by molar-refractivity contribution is 6.31. The third-order valence-corrected chi connectivity index (χ3v) is 3.88. The number of pyridine rings is 1. The number of hydrogen-bond acceptors (Lipinski definition) is 3. The van der Waals surface area contributed by atoms with Crippen molar-refractivity contribution in [3.8, 4) is 0 Å². The Hall–Kier alpha value is -0.640. The normalized spacial score (nSPS) is 22.0. The summed E-state index contributed by atoms with van der Waals surface area (Å²) in [5.41, 5.74) is 0.471. The second-order valence-corrected chi connectivity index (χ2v) is 5.75. The fourth-order valence-electron chi connectivity index (χ4n) is 2.32. The van der Waals surface area contributed by atoms with Crippen LogP contribution in [-0.2, 0) is 6.54 Å². The Morgan fingerprint density at radius 1 is 1.59 bits per heavy atom. The SMILES string of the molecule is CC(C)(O)[C@@H]1CCN(Cc2cnccc2Cl)C1. The standard InChI is InChI=1S/C13H19ClN2O/c1-13(2,17)11-4-6-16(9-11)8-10-7-15-5-3-12(10)14/h3,5,7,11,17H,4,6,8-9H2,1-2H3/t11-/m1/s1. The Morgan fingerprint density at radius 2 is 2.35 bits per heavy atom. The predicted octanol–water partition coefficient (Wildman–Crippen LogP) is 2.33. The first kappa shape index (κ1) is 12.8. The highest BCUT2D eigenvalue weighted by atomic mass is 35.5. The zero-order valence-electron chi connectivity index (χ0n) is 10.4. The lowest BCUT2D eigenvalue weighted by Gasteiger charge is -2.25. The van der Waals surface area contributed by atoms with E-state index in [1.54, 1.807) is 6.20 Å². The number of nitrogens with zero attached hydrogens (tertiary/aromatic N) is 2. The molecular weight excluding hydrogens is 236 g/mol. The summed E-state index contributed by atoms with van der Waals surface area (Å²) in [5.74, 6) is 0.345. The summed E-state index contributed by atoms with van der Waals surface area (Å²) in [5, 5.41) is 10.8. The number of hydrogen-bond donors (Lipinski definition) is 1. The van der Waals surface area contributed by atoms with E-state index in [-0.39, 0.29) is 0 Å². The van der Waals surface area contributed by atoms with Crippen LogP contribution >= 0.6 is 11.6 Å². The van der Waals surface area contributed by atoms with Gasteiger partial charge in [-0.3, -0.25) is 9.88 Å². The van der Waals surface area contributed by atoms with Gasteiger partial charge in [-0.2, -0.15) is 0 Å². The summed E-state index contributed by atoms with van der Waals surface area (Å²) in [6.07, 6.45) is 4.57. The Balaban J connectivity index is 1.97. The Morgan fingerprint density at radius 3 is 2.94 bits per heavy atom. The molecule has 0 aliphatic carbocycles. The van der Waals surface area contributed by atoms with Crippen LogP contribution < -0.4 is 0 Å². The molecule has 1 fully saturated rings. The van der Waals surface area contributed by atoms with Gasteiger partial charge in [0.2, 0.25) is 0 Å². The molecular formula is C13H19ClN2O. The van der Waals surface area contributed by atoms with Crippen LogP contribution in [0.3, 0.4) is 0 Å². The van der Waals surface area contributed by atoms with E-state index in [9.17, 15) is 5.11 Å². The molecule has 1 aliphatic heterocycles. The van der Waals surface area contributed by atoms with Gasteiger partial charge < -0.3 is 5.11 Å². The monoisotopic (exact) mass is 254 g/mol. The lowest BCUT2D eigenvalue weighted by atomic mass is 9.90. The number of aliphatic hydroxyl groups is 1. The van der Waals surface area contributed by atoms with Gasteiger partial charge in [-0.15, -0.1) is 0 Å². The second-order valence-electron chi connectivity index (χ2n) is 5.34. The van der Waals surface area contributed by atoms with Crippen molar-refractivity contribution in [2.75, 3.05) is 13.1 Å². The van der Waals surface area contributed by atoms with E-state index < -0.39 is 5.60 Å². The summed E-state index contributed by atoms with van der Waals surface area (Å²) in [6, 6.07) is 1.82. The van der Waals surface area contributed by atoms with Crippen LogP contribution in [0, 0.1) is 5.92 Å². The molecule has 1 aromatic heterocycles. The Bertz CT molecular complexity index is 389. The van der Waals surface area contributed by atoms with Crippen LogP contribution in [0.25, 0.3) is 0 Å². The maximum Gasteiger partial charge on any atom is 0.0632 e. The van der Waals surface area contributed by atoms with Gasteiger partial charge in [-0.25, -0.2) is 0 Å². The summed E-state index contributed by atoms with van der Waals surface area (Å²) < 4.78 is 0. The molecule has 0 saturated carbocycles. The smallest absolute Gasteiger partial charge is 0.0632 e. The molecule has 0 aromatic carbocycles. The molecule has 17 heavy (non-hydrogen) atoms. The van der Waals surface area contributed by atoms with Crippen molar-refractivity contribution >= 4 is 11.6 Å². The van der Waals surface area contributed by atoms with Gasteiger partial charge in [0.05, 0.1) is 5.60 Å². The lowest BCUT2D eigenvalue weighted by Crippen LogP contribution is -2.33. The summed E-state index contributed by atoms with van der Waals surface area (Å²) in [6.45, 7) is 6.53. The highest BCUT2D eigenvalue weighted by Crippen LogP contribution is 2.28. The molecule has 0 amide bonds. The molecule has 1 aliphatic rings. The third-order valence-electron chi connectivity index (χ3n) is 3.51. The van der Waals surface area contributed by atoms with Gasteiger partial charge in [0.1, 0.15) is 0 Å². The quantitative estimate of drug-likeness (QED) is 0.900. The summed E-state index contributed by atoms with van der Waals surface area (Å²) in [4.78, 5) is 6.42. The molecule has 0 unspecified atom stereocenters. The van der Waals surface area contributed by atoms with Crippen molar-refractivity contribution in [1.29, 1.82) is 0 Å². The van der Waals surface area contributed by atoms with Crippen LogP contribution in [-0.4, -0.2) is 33.7 Å². The Kier molecular flexibility index (Phi) is 3.71. The molecule has 3 nitrogen and oxygen atoms in total. The molecule has 0 spiro atoms. The van der Waals surface area contributed by atoms with E-state index in [0.717, 1.165) is 36.6 Å². The van der Waals surface area contributed by atoms with Crippen LogP contribution in [0.15, 0.2) is 18.5 Å². The fourth-order valence-corrected chi connectivity index (χ4v) is 2.49. The average Bonchev–Trinajstić information content (AvgIpc) is 2.69. The van der Waals surface area contributed by atoms with Gasteiger partial charge in [0.25, 0.3) is 0 Å². The molecule has 2 heterocycles. The maximum atomic E-state index is 9.99. The van der Waals surface area contributed by atoms with Crippen molar-refractivity contribution in [3.63, 3.8) is 0 Å². The van der Waals surface area contributed by atoms with Crippen molar-refractivity contribution in [3.05, 3.63) is 29.0 Å². The largest absolute Gasteiger partial charge is 0.390 e. The number of likely N-dealkylation sites (tertiary alicyclic amines) is 1. The van der Waals surface area contributed by atoms with Crippen LogP contribution in [0.5, 0.6) is 0 Å².